The van der Waals surface area contributed by atoms with Gasteiger partial charge in [0.05, 0.1) is 7.11 Å². The summed E-state index contributed by atoms with van der Waals surface area (Å²) < 4.78 is 18.2. The van der Waals surface area contributed by atoms with Gasteiger partial charge in [0.25, 0.3) is 0 Å². The van der Waals surface area contributed by atoms with Crippen LogP contribution in [0, 0.1) is 0 Å². The summed E-state index contributed by atoms with van der Waals surface area (Å²) in [5.74, 6) is 1.42. The quantitative estimate of drug-likeness (QED) is 0.544. The van der Waals surface area contributed by atoms with Gasteiger partial charge in [0, 0.05) is 28.4 Å². The van der Waals surface area contributed by atoms with Crippen LogP contribution in [0.5, 0.6) is 11.5 Å². The van der Waals surface area contributed by atoms with Crippen LogP contribution in [0.15, 0.2) is 36.4 Å². The Hall–Kier alpha value is -1.34. The summed E-state index contributed by atoms with van der Waals surface area (Å²) in [7, 11) is 1.63. The van der Waals surface area contributed by atoms with Gasteiger partial charge >= 0.3 is 0 Å². The monoisotopic (exact) mass is 426 g/mol. The first-order valence-electron chi connectivity index (χ1n) is 7.60. The van der Waals surface area contributed by atoms with E-state index in [0.29, 0.717) is 18.8 Å². The Labute approximate surface area is 149 Å². The van der Waals surface area contributed by atoms with E-state index in [9.17, 15) is 4.79 Å². The maximum atomic E-state index is 11.6. The number of ketones is 1. The number of benzene rings is 1. The molecule has 5 heteroatoms. The third-order valence-corrected chi connectivity index (χ3v) is 5.06. The van der Waals surface area contributed by atoms with Crippen LogP contribution < -0.4 is 9.47 Å². The van der Waals surface area contributed by atoms with Gasteiger partial charge in [-0.2, -0.15) is 0 Å². The highest BCUT2D eigenvalue weighted by Crippen LogP contribution is 2.50. The van der Waals surface area contributed by atoms with E-state index in [1.54, 1.807) is 19.3 Å². The van der Waals surface area contributed by atoms with Crippen molar-refractivity contribution in [2.45, 2.75) is 29.5 Å². The summed E-state index contributed by atoms with van der Waals surface area (Å²) in [5.41, 5.74) is 1.86. The highest BCUT2D eigenvalue weighted by molar-refractivity contribution is 14.1. The molecule has 0 amide bonds. The van der Waals surface area contributed by atoms with Gasteiger partial charge in [0.1, 0.15) is 0 Å². The largest absolute Gasteiger partial charge is 0.493 e. The van der Waals surface area contributed by atoms with Crippen molar-refractivity contribution in [1.29, 1.82) is 0 Å². The van der Waals surface area contributed by atoms with Gasteiger partial charge in [-0.05, 0) is 30.7 Å². The van der Waals surface area contributed by atoms with Crippen molar-refractivity contribution in [3.8, 4) is 11.5 Å². The highest BCUT2D eigenvalue weighted by atomic mass is 127. The Kier molecular flexibility index (Phi) is 4.77. The van der Waals surface area contributed by atoms with E-state index in [0.717, 1.165) is 15.7 Å². The van der Waals surface area contributed by atoms with Crippen LogP contribution >= 0.6 is 22.6 Å². The Balaban J connectivity index is 2.21. The zero-order chi connectivity index (χ0) is 16.4. The number of hydrogen-bond acceptors (Lipinski definition) is 4. The molecule has 0 radical (unpaired) electrons. The molecule has 3 rings (SSSR count). The van der Waals surface area contributed by atoms with Gasteiger partial charge in [-0.1, -0.05) is 40.8 Å². The molecule has 0 N–H and O–H groups in total. The van der Waals surface area contributed by atoms with Crippen molar-refractivity contribution in [2.75, 3.05) is 13.7 Å². The predicted molar refractivity (Wildman–Crippen MR) is 96.3 cm³/mol. The highest BCUT2D eigenvalue weighted by Gasteiger charge is 2.42. The second-order valence-electron chi connectivity index (χ2n) is 5.58. The predicted octanol–water partition coefficient (Wildman–Crippen LogP) is 3.71. The van der Waals surface area contributed by atoms with E-state index in [2.05, 4.69) is 28.7 Å². The lowest BCUT2D eigenvalue weighted by Gasteiger charge is -2.40. The molecule has 122 valence electrons. The van der Waals surface area contributed by atoms with Gasteiger partial charge in [-0.3, -0.25) is 4.79 Å². The van der Waals surface area contributed by atoms with E-state index < -0.39 is 5.41 Å². The molecule has 1 spiro atoms. The van der Waals surface area contributed by atoms with E-state index in [-0.39, 0.29) is 12.1 Å². The number of methoxy groups -OCH3 is 1. The summed E-state index contributed by atoms with van der Waals surface area (Å²) in [5, 5.41) is 0. The Morgan fingerprint density at radius 2 is 2.09 bits per heavy atom. The van der Waals surface area contributed by atoms with Crippen molar-refractivity contribution < 1.29 is 19.0 Å². The molecule has 0 fully saturated rings. The maximum Gasteiger partial charge on any atom is 0.201 e. The lowest BCUT2D eigenvalue weighted by atomic mass is 9.71. The normalized spacial score (nSPS) is 21.2. The molecule has 1 atom stereocenters. The number of alkyl halides is 1. The van der Waals surface area contributed by atoms with Crippen LogP contribution in [-0.4, -0.2) is 25.8 Å². The van der Waals surface area contributed by atoms with Crippen LogP contribution in [0.25, 0.3) is 0 Å². The molecule has 0 aromatic heterocycles. The minimum absolute atomic E-state index is 0.00977. The fourth-order valence-corrected chi connectivity index (χ4v) is 3.84. The standard InChI is InChI=1S/C18H19IO4/c1-3-22-15-10-18(8-6-13(20)7-9-18)16-12(11-19)4-5-14(21-2)17(16)23-15/h4-9,15H,3,10-11H2,1-2H3. The van der Waals surface area contributed by atoms with E-state index in [4.69, 9.17) is 14.2 Å². The average Bonchev–Trinajstić information content (AvgIpc) is 2.57. The number of carbonyl (C=O) groups is 1. The molecule has 1 aliphatic heterocycles. The van der Waals surface area contributed by atoms with Crippen molar-refractivity contribution >= 4 is 28.4 Å². The number of ether oxygens (including phenoxy) is 3. The van der Waals surface area contributed by atoms with Crippen LogP contribution in [0.4, 0.5) is 0 Å². The fraction of sp³-hybridized carbons (Fsp3) is 0.389. The number of fused-ring (bicyclic) bond motifs is 2. The van der Waals surface area contributed by atoms with E-state index >= 15 is 0 Å². The van der Waals surface area contributed by atoms with E-state index in [1.165, 1.54) is 5.56 Å². The van der Waals surface area contributed by atoms with Crippen LogP contribution in [0.3, 0.4) is 0 Å². The molecule has 23 heavy (non-hydrogen) atoms. The first kappa shape index (κ1) is 16.5. The minimum atomic E-state index is -0.392. The summed E-state index contributed by atoms with van der Waals surface area (Å²) in [6.07, 6.45) is 7.48. The van der Waals surface area contributed by atoms with Crippen LogP contribution in [-0.2, 0) is 19.4 Å². The van der Waals surface area contributed by atoms with Crippen molar-refractivity contribution in [3.63, 3.8) is 0 Å². The zero-order valence-corrected chi connectivity index (χ0v) is 15.3. The average molecular weight is 426 g/mol. The van der Waals surface area contributed by atoms with Gasteiger partial charge < -0.3 is 14.2 Å². The SMILES string of the molecule is CCOC1CC2(C=CC(=O)C=C2)c2c(CI)ccc(OC)c2O1. The zero-order valence-electron chi connectivity index (χ0n) is 13.2. The van der Waals surface area contributed by atoms with E-state index in [1.807, 2.05) is 25.1 Å². The van der Waals surface area contributed by atoms with Gasteiger partial charge in [-0.25, -0.2) is 0 Å². The third kappa shape index (κ3) is 2.92. The number of allylic oxidation sites excluding steroid dienone is 4. The molecule has 0 saturated heterocycles. The molecular weight excluding hydrogens is 407 g/mol. The van der Waals surface area contributed by atoms with Crippen molar-refractivity contribution in [2.24, 2.45) is 0 Å². The lowest BCUT2D eigenvalue weighted by molar-refractivity contribution is -0.111. The Morgan fingerprint density at radius 3 is 2.70 bits per heavy atom. The Morgan fingerprint density at radius 1 is 1.35 bits per heavy atom. The maximum absolute atomic E-state index is 11.6. The summed E-state index contributed by atoms with van der Waals surface area (Å²) >= 11 is 2.35. The molecule has 1 aromatic carbocycles. The fourth-order valence-electron chi connectivity index (χ4n) is 3.21. The molecule has 2 aliphatic rings. The molecule has 4 nitrogen and oxygen atoms in total. The molecule has 1 aromatic rings. The van der Waals surface area contributed by atoms with Gasteiger partial charge in [0.2, 0.25) is 6.29 Å². The molecule has 1 unspecified atom stereocenters. The third-order valence-electron chi connectivity index (χ3n) is 4.23. The molecule has 1 aliphatic carbocycles. The number of carbonyl (C=O) groups excluding carboxylic acids is 1. The van der Waals surface area contributed by atoms with Crippen LogP contribution in [0.1, 0.15) is 24.5 Å². The first-order chi connectivity index (χ1) is 11.1. The first-order valence-corrected chi connectivity index (χ1v) is 9.13. The second-order valence-corrected chi connectivity index (χ2v) is 6.34. The number of rotatable bonds is 4. The topological polar surface area (TPSA) is 44.8 Å². The molecule has 0 saturated carbocycles. The van der Waals surface area contributed by atoms with Crippen molar-refractivity contribution in [1.82, 2.24) is 0 Å². The van der Waals surface area contributed by atoms with Gasteiger partial charge in [0.15, 0.2) is 17.3 Å². The van der Waals surface area contributed by atoms with Crippen molar-refractivity contribution in [3.05, 3.63) is 47.6 Å². The van der Waals surface area contributed by atoms with Crippen LogP contribution in [0.2, 0.25) is 0 Å². The smallest absolute Gasteiger partial charge is 0.201 e. The lowest BCUT2D eigenvalue weighted by Crippen LogP contribution is -2.39. The molecule has 0 bridgehead atoms. The number of hydrogen-bond donors (Lipinski definition) is 0. The minimum Gasteiger partial charge on any atom is -0.493 e. The summed E-state index contributed by atoms with van der Waals surface area (Å²) in [6, 6.07) is 3.99. The number of halogens is 1. The molecular formula is C18H19IO4. The second kappa shape index (κ2) is 6.65. The summed E-state index contributed by atoms with van der Waals surface area (Å²) in [4.78, 5) is 11.6. The Bertz CT molecular complexity index is 662. The molecule has 1 heterocycles. The van der Waals surface area contributed by atoms with Gasteiger partial charge in [-0.15, -0.1) is 0 Å². The summed E-state index contributed by atoms with van der Waals surface area (Å²) in [6.45, 7) is 2.51.